The number of hydrogen-bond acceptors (Lipinski definition) is 3. The smallest absolute Gasteiger partial charge is 0.231 e. The number of halogens is 3. The first kappa shape index (κ1) is 19.3. The van der Waals surface area contributed by atoms with Crippen molar-refractivity contribution in [1.82, 2.24) is 15.5 Å². The molecule has 0 spiro atoms. The van der Waals surface area contributed by atoms with Crippen molar-refractivity contribution in [3.05, 3.63) is 71.0 Å². The zero-order valence-electron chi connectivity index (χ0n) is 16.0. The number of nitrogens with zero attached hydrogens (tertiary/aromatic N) is 2. The minimum atomic E-state index is -1.50. The molecule has 0 radical (unpaired) electrons. The third-order valence-corrected chi connectivity index (χ3v) is 5.48. The van der Waals surface area contributed by atoms with Gasteiger partial charge in [-0.1, -0.05) is 19.9 Å². The summed E-state index contributed by atoms with van der Waals surface area (Å²) < 4.78 is 40.5. The molecule has 2 N–H and O–H groups in total. The van der Waals surface area contributed by atoms with E-state index in [4.69, 9.17) is 0 Å². The summed E-state index contributed by atoms with van der Waals surface area (Å²) in [7, 11) is 0. The Morgan fingerprint density at radius 1 is 1.17 bits per heavy atom. The minimum absolute atomic E-state index is 0.0885. The third kappa shape index (κ3) is 3.66. The first-order valence-corrected chi connectivity index (χ1v) is 9.46. The number of nitrogens with one attached hydrogen (secondary N) is 2. The maximum atomic E-state index is 13.6. The molecule has 1 amide bonds. The van der Waals surface area contributed by atoms with E-state index >= 15 is 0 Å². The molecule has 5 nitrogen and oxygen atoms in total. The highest BCUT2D eigenvalue weighted by molar-refractivity contribution is 6.00. The van der Waals surface area contributed by atoms with Crippen molar-refractivity contribution in [1.29, 1.82) is 0 Å². The van der Waals surface area contributed by atoms with Gasteiger partial charge in [-0.25, -0.2) is 18.2 Å². The van der Waals surface area contributed by atoms with E-state index in [0.29, 0.717) is 12.5 Å². The van der Waals surface area contributed by atoms with Gasteiger partial charge in [0, 0.05) is 36.3 Å². The average Bonchev–Trinajstić information content (AvgIpc) is 3.15. The molecule has 4 rings (SSSR count). The molecule has 152 valence electrons. The summed E-state index contributed by atoms with van der Waals surface area (Å²) in [5, 5.41) is 5.97. The van der Waals surface area contributed by atoms with Gasteiger partial charge in [-0.15, -0.1) is 0 Å². The molecule has 3 aliphatic rings. The molecular formula is C21H21F3N4O. The molecule has 3 atom stereocenters. The summed E-state index contributed by atoms with van der Waals surface area (Å²) in [6, 6.07) is 1.92. The van der Waals surface area contributed by atoms with Gasteiger partial charge in [-0.05, 0) is 36.0 Å². The number of guanidine groups is 1. The highest BCUT2D eigenvalue weighted by Gasteiger charge is 2.31. The number of fused-ring (bicyclic) bond motifs is 1. The van der Waals surface area contributed by atoms with Crippen LogP contribution in [0.1, 0.15) is 19.4 Å². The molecule has 2 heterocycles. The van der Waals surface area contributed by atoms with E-state index in [1.807, 2.05) is 25.3 Å². The Morgan fingerprint density at radius 3 is 2.62 bits per heavy atom. The maximum absolute atomic E-state index is 13.6. The first-order chi connectivity index (χ1) is 13.8. The number of aliphatic imine (C=N–C) groups is 1. The number of carbonyl (C=O) groups excluding carboxylic acids is 1. The number of rotatable bonds is 3. The summed E-state index contributed by atoms with van der Waals surface area (Å²) in [4.78, 5) is 18.6. The van der Waals surface area contributed by atoms with Gasteiger partial charge in [-0.2, -0.15) is 0 Å². The maximum Gasteiger partial charge on any atom is 0.231 e. The predicted octanol–water partition coefficient (Wildman–Crippen LogP) is 3.18. The van der Waals surface area contributed by atoms with Gasteiger partial charge in [0.2, 0.25) is 11.9 Å². The van der Waals surface area contributed by atoms with Crippen molar-refractivity contribution >= 4 is 11.9 Å². The Morgan fingerprint density at radius 2 is 1.90 bits per heavy atom. The van der Waals surface area contributed by atoms with Crippen LogP contribution < -0.4 is 10.6 Å². The highest BCUT2D eigenvalue weighted by atomic mass is 19.2. The molecule has 8 heteroatoms. The fraction of sp³-hybridized carbons (Fsp3) is 0.333. The topological polar surface area (TPSA) is 56.7 Å². The third-order valence-electron chi connectivity index (χ3n) is 5.48. The first-order valence-electron chi connectivity index (χ1n) is 9.46. The van der Waals surface area contributed by atoms with Crippen molar-refractivity contribution in [2.24, 2.45) is 22.7 Å². The van der Waals surface area contributed by atoms with E-state index < -0.39 is 17.5 Å². The standard InChI is InChI=1S/C21H21F3N4O/c1-11-9-28(10-13-7-15(22)19(24)16(23)8-13)21(27-20(11)29)26-17-3-4-18-14(12(17)2)5-6-25-18/h3-8,11-12,14,25H,9-10H2,1-2H3,(H,26,27,29). The molecule has 3 unspecified atom stereocenters. The number of allylic oxidation sites excluding steroid dienone is 4. The van der Waals surface area contributed by atoms with Crippen LogP contribution >= 0.6 is 0 Å². The predicted molar refractivity (Wildman–Crippen MR) is 103 cm³/mol. The van der Waals surface area contributed by atoms with E-state index in [1.54, 1.807) is 11.8 Å². The summed E-state index contributed by atoms with van der Waals surface area (Å²) in [6.45, 7) is 4.23. The van der Waals surface area contributed by atoms with Crippen LogP contribution in [0.25, 0.3) is 0 Å². The van der Waals surface area contributed by atoms with Crippen LogP contribution in [0.2, 0.25) is 0 Å². The number of amides is 1. The lowest BCUT2D eigenvalue weighted by Gasteiger charge is -2.34. The molecule has 29 heavy (non-hydrogen) atoms. The van der Waals surface area contributed by atoms with Crippen LogP contribution in [0.3, 0.4) is 0 Å². The molecular weight excluding hydrogens is 381 g/mol. The number of benzene rings is 1. The second kappa shape index (κ2) is 7.42. The number of carbonyl (C=O) groups is 1. The molecule has 0 bridgehead atoms. The molecule has 0 aromatic heterocycles. The van der Waals surface area contributed by atoms with Crippen molar-refractivity contribution < 1.29 is 18.0 Å². The quantitative estimate of drug-likeness (QED) is 0.764. The van der Waals surface area contributed by atoms with Crippen molar-refractivity contribution in [2.45, 2.75) is 20.4 Å². The van der Waals surface area contributed by atoms with E-state index in [0.717, 1.165) is 23.5 Å². The van der Waals surface area contributed by atoms with Crippen LogP contribution in [0.5, 0.6) is 0 Å². The lowest BCUT2D eigenvalue weighted by Crippen LogP contribution is -2.54. The molecule has 1 fully saturated rings. The van der Waals surface area contributed by atoms with Gasteiger partial charge in [0.1, 0.15) is 0 Å². The molecule has 0 saturated carbocycles. The van der Waals surface area contributed by atoms with Crippen LogP contribution in [-0.2, 0) is 11.3 Å². The fourth-order valence-corrected chi connectivity index (χ4v) is 3.79. The lowest BCUT2D eigenvalue weighted by atomic mass is 9.86. The highest BCUT2D eigenvalue weighted by Crippen LogP contribution is 2.34. The summed E-state index contributed by atoms with van der Waals surface area (Å²) in [6.07, 6.45) is 7.80. The molecule has 2 aliphatic heterocycles. The molecule has 1 aromatic carbocycles. The van der Waals surface area contributed by atoms with E-state index in [9.17, 15) is 18.0 Å². The molecule has 1 aromatic rings. The Hall–Kier alpha value is -3.03. The summed E-state index contributed by atoms with van der Waals surface area (Å²) in [5.74, 6) is -3.87. The monoisotopic (exact) mass is 402 g/mol. The zero-order chi connectivity index (χ0) is 20.7. The Labute approximate surface area is 166 Å². The van der Waals surface area contributed by atoms with Crippen LogP contribution in [0.15, 0.2) is 52.9 Å². The van der Waals surface area contributed by atoms with Gasteiger partial charge in [0.05, 0.1) is 5.92 Å². The normalized spacial score (nSPS) is 27.3. The van der Waals surface area contributed by atoms with Crippen molar-refractivity contribution in [2.75, 3.05) is 6.54 Å². The summed E-state index contributed by atoms with van der Waals surface area (Å²) in [5.41, 5.74) is 2.14. The van der Waals surface area contributed by atoms with Gasteiger partial charge in [0.15, 0.2) is 17.5 Å². The largest absolute Gasteiger partial charge is 0.365 e. The zero-order valence-corrected chi connectivity index (χ0v) is 16.0. The van der Waals surface area contributed by atoms with E-state index in [2.05, 4.69) is 21.7 Å². The van der Waals surface area contributed by atoms with E-state index in [-0.39, 0.29) is 35.8 Å². The Bertz CT molecular complexity index is 959. The van der Waals surface area contributed by atoms with Crippen LogP contribution in [0, 0.1) is 35.2 Å². The van der Waals surface area contributed by atoms with Crippen LogP contribution in [-0.4, -0.2) is 23.3 Å². The second-order valence-electron chi connectivity index (χ2n) is 7.61. The van der Waals surface area contributed by atoms with Gasteiger partial charge >= 0.3 is 0 Å². The van der Waals surface area contributed by atoms with Crippen molar-refractivity contribution in [3.63, 3.8) is 0 Å². The van der Waals surface area contributed by atoms with Crippen molar-refractivity contribution in [3.8, 4) is 0 Å². The van der Waals surface area contributed by atoms with Gasteiger partial charge in [0.25, 0.3) is 0 Å². The van der Waals surface area contributed by atoms with E-state index in [1.165, 1.54) is 0 Å². The Balaban J connectivity index is 1.64. The molecule has 1 saturated heterocycles. The van der Waals surface area contributed by atoms with Gasteiger partial charge in [-0.3, -0.25) is 10.1 Å². The minimum Gasteiger partial charge on any atom is -0.365 e. The summed E-state index contributed by atoms with van der Waals surface area (Å²) >= 11 is 0. The van der Waals surface area contributed by atoms with Gasteiger partial charge < -0.3 is 10.2 Å². The SMILES string of the molecule is CC1CN(Cc2cc(F)c(F)c(F)c2)C(=NC2=CC=C3NC=CC3C2C)NC1=O. The lowest BCUT2D eigenvalue weighted by molar-refractivity contribution is -0.124. The second-order valence-corrected chi connectivity index (χ2v) is 7.61. The number of hydrogen-bond donors (Lipinski definition) is 2. The average molecular weight is 402 g/mol. The Kier molecular flexibility index (Phi) is 4.94. The fourth-order valence-electron chi connectivity index (χ4n) is 3.79. The van der Waals surface area contributed by atoms with Crippen LogP contribution in [0.4, 0.5) is 13.2 Å². The molecule has 1 aliphatic carbocycles.